The molecule has 0 heterocycles. The lowest BCUT2D eigenvalue weighted by atomic mass is 10.1. The Bertz CT molecular complexity index is 502. The molecule has 0 bridgehead atoms. The van der Waals surface area contributed by atoms with Crippen molar-refractivity contribution in [2.24, 2.45) is 5.92 Å². The van der Waals surface area contributed by atoms with Crippen LogP contribution in [0.25, 0.3) is 0 Å². The number of likely N-dealkylation sites (N-methyl/N-ethyl adjacent to an activating group) is 1. The highest BCUT2D eigenvalue weighted by molar-refractivity contribution is 8.76. The van der Waals surface area contributed by atoms with Crippen LogP contribution in [0.15, 0.2) is 12.2 Å². The third-order valence-electron chi connectivity index (χ3n) is 4.83. The monoisotopic (exact) mass is 524 g/mol. The van der Waals surface area contributed by atoms with Crippen LogP contribution in [0.2, 0.25) is 0 Å². The molecule has 2 N–H and O–H groups in total. The van der Waals surface area contributed by atoms with Crippen molar-refractivity contribution in [2.75, 3.05) is 85.9 Å². The van der Waals surface area contributed by atoms with Gasteiger partial charge in [0, 0.05) is 25.9 Å². The molecule has 2 unspecified atom stereocenters. The summed E-state index contributed by atoms with van der Waals surface area (Å²) >= 11 is 0. The fourth-order valence-electron chi connectivity index (χ4n) is 2.57. The average molecular weight is 525 g/mol. The first kappa shape index (κ1) is 33.7. The van der Waals surface area contributed by atoms with Crippen LogP contribution in [0, 0.1) is 5.92 Å². The van der Waals surface area contributed by atoms with Gasteiger partial charge in [-0.2, -0.15) is 0 Å². The Morgan fingerprint density at radius 2 is 1.59 bits per heavy atom. The van der Waals surface area contributed by atoms with Crippen LogP contribution in [0.1, 0.15) is 40.0 Å². The van der Waals surface area contributed by atoms with Gasteiger partial charge in [-0.1, -0.05) is 54.0 Å². The number of rotatable bonds is 25. The zero-order valence-electron chi connectivity index (χ0n) is 21.9. The van der Waals surface area contributed by atoms with Crippen molar-refractivity contribution >= 4 is 27.5 Å². The van der Waals surface area contributed by atoms with Crippen molar-refractivity contribution in [3.05, 3.63) is 12.2 Å². The van der Waals surface area contributed by atoms with E-state index in [-0.39, 0.29) is 10.8 Å². The maximum absolute atomic E-state index is 11.7. The molecule has 0 aromatic heterocycles. The summed E-state index contributed by atoms with van der Waals surface area (Å²) in [6.45, 7) is 12.6. The normalized spacial score (nSPS) is 14.4. The molecule has 2 atom stereocenters. The third-order valence-corrected chi connectivity index (χ3v) is 7.23. The van der Waals surface area contributed by atoms with Crippen LogP contribution in [-0.4, -0.2) is 96.7 Å². The first-order valence-corrected chi connectivity index (χ1v) is 14.8. The molecule has 0 aliphatic carbocycles. The van der Waals surface area contributed by atoms with Gasteiger partial charge >= 0.3 is 0 Å². The van der Waals surface area contributed by atoms with Gasteiger partial charge in [0.25, 0.3) is 0 Å². The van der Waals surface area contributed by atoms with Crippen molar-refractivity contribution in [1.82, 2.24) is 10.6 Å². The molecule has 0 aliphatic rings. The standard InChI is InChI=1S/C24H48N2O6S2/c1-6-22(2)8-7-11-26-23(27)9-13-28-16-19-31-20-21-32-24(3,34-33-5)10-14-29-17-18-30-15-12-25-4/h7-8,22,25H,6,9-21H2,1-5H3,(H,26,27)/b8-7+. The van der Waals surface area contributed by atoms with Gasteiger partial charge < -0.3 is 34.3 Å². The summed E-state index contributed by atoms with van der Waals surface area (Å²) in [5.74, 6) is 0.542. The Balaban J connectivity index is 3.68. The molecule has 202 valence electrons. The molecule has 8 nitrogen and oxygen atoms in total. The lowest BCUT2D eigenvalue weighted by Gasteiger charge is -2.28. The molecule has 0 saturated carbocycles. The molecule has 0 aromatic carbocycles. The SMILES string of the molecule is CCC(C)/C=C/CNC(=O)CCOCCOCCOC(C)(CCOCCOCCNC)SSC. The van der Waals surface area contributed by atoms with E-state index in [0.717, 1.165) is 19.4 Å². The molecule has 0 fully saturated rings. The zero-order chi connectivity index (χ0) is 25.3. The van der Waals surface area contributed by atoms with E-state index in [2.05, 4.69) is 37.5 Å². The summed E-state index contributed by atoms with van der Waals surface area (Å²) in [7, 11) is 5.28. The van der Waals surface area contributed by atoms with E-state index in [0.29, 0.717) is 78.3 Å². The largest absolute Gasteiger partial charge is 0.379 e. The van der Waals surface area contributed by atoms with Gasteiger partial charge in [-0.3, -0.25) is 4.79 Å². The van der Waals surface area contributed by atoms with Crippen molar-refractivity contribution < 1.29 is 28.5 Å². The highest BCUT2D eigenvalue weighted by Crippen LogP contribution is 2.37. The van der Waals surface area contributed by atoms with Gasteiger partial charge in [-0.25, -0.2) is 0 Å². The Morgan fingerprint density at radius 3 is 2.24 bits per heavy atom. The first-order valence-electron chi connectivity index (χ1n) is 12.2. The summed E-state index contributed by atoms with van der Waals surface area (Å²) in [5.41, 5.74) is 0. The van der Waals surface area contributed by atoms with Crippen molar-refractivity contribution in [2.45, 2.75) is 45.0 Å². The Morgan fingerprint density at radius 1 is 0.971 bits per heavy atom. The highest BCUT2D eigenvalue weighted by atomic mass is 33.1. The first-order chi connectivity index (χ1) is 16.5. The van der Waals surface area contributed by atoms with Crippen LogP contribution in [-0.2, 0) is 28.5 Å². The van der Waals surface area contributed by atoms with E-state index in [9.17, 15) is 4.79 Å². The Kier molecular flexibility index (Phi) is 24.1. The van der Waals surface area contributed by atoms with Crippen LogP contribution in [0.5, 0.6) is 0 Å². The lowest BCUT2D eigenvalue weighted by Crippen LogP contribution is -2.28. The van der Waals surface area contributed by atoms with Crippen LogP contribution in [0.3, 0.4) is 0 Å². The third kappa shape index (κ3) is 22.2. The molecular formula is C24H48N2O6S2. The molecule has 10 heteroatoms. The van der Waals surface area contributed by atoms with Crippen molar-refractivity contribution in [3.8, 4) is 0 Å². The summed E-state index contributed by atoms with van der Waals surface area (Å²) < 4.78 is 28.2. The molecule has 0 aromatic rings. The van der Waals surface area contributed by atoms with E-state index in [1.165, 1.54) is 0 Å². The maximum atomic E-state index is 11.7. The molecule has 0 radical (unpaired) electrons. The van der Waals surface area contributed by atoms with Gasteiger partial charge in [0.2, 0.25) is 5.91 Å². The predicted molar refractivity (Wildman–Crippen MR) is 144 cm³/mol. The molecule has 0 rings (SSSR count). The lowest BCUT2D eigenvalue weighted by molar-refractivity contribution is -0.122. The van der Waals surface area contributed by atoms with Crippen molar-refractivity contribution in [1.29, 1.82) is 0 Å². The minimum Gasteiger partial charge on any atom is -0.379 e. The maximum Gasteiger partial charge on any atom is 0.222 e. The van der Waals surface area contributed by atoms with E-state index in [1.54, 1.807) is 21.6 Å². The number of hydrogen-bond acceptors (Lipinski definition) is 9. The van der Waals surface area contributed by atoms with Gasteiger partial charge in [0.15, 0.2) is 0 Å². The molecule has 0 saturated heterocycles. The fourth-order valence-corrected chi connectivity index (χ4v) is 4.67. The molecule has 0 aliphatic heterocycles. The number of carbonyl (C=O) groups is 1. The second-order valence-corrected chi connectivity index (χ2v) is 10.8. The zero-order valence-corrected chi connectivity index (χ0v) is 23.5. The van der Waals surface area contributed by atoms with E-state index < -0.39 is 0 Å². The molecule has 0 spiro atoms. The number of allylic oxidation sites excluding steroid dienone is 1. The second kappa shape index (κ2) is 24.4. The minimum absolute atomic E-state index is 0.000928. The molecular weight excluding hydrogens is 476 g/mol. The van der Waals surface area contributed by atoms with E-state index >= 15 is 0 Å². The predicted octanol–water partition coefficient (Wildman–Crippen LogP) is 3.51. The smallest absolute Gasteiger partial charge is 0.222 e. The van der Waals surface area contributed by atoms with Crippen LogP contribution < -0.4 is 10.6 Å². The Labute approximate surface area is 215 Å². The van der Waals surface area contributed by atoms with Gasteiger partial charge in [0.1, 0.15) is 4.93 Å². The summed E-state index contributed by atoms with van der Waals surface area (Å²) in [6, 6.07) is 0. The summed E-state index contributed by atoms with van der Waals surface area (Å²) in [5, 5.41) is 5.90. The average Bonchev–Trinajstić information content (AvgIpc) is 2.82. The summed E-state index contributed by atoms with van der Waals surface area (Å²) in [6.07, 6.45) is 8.41. The number of amides is 1. The Hall–Kier alpha value is -0.330. The summed E-state index contributed by atoms with van der Waals surface area (Å²) in [4.78, 5) is 11.4. The van der Waals surface area contributed by atoms with Gasteiger partial charge in [-0.05, 0) is 26.1 Å². The highest BCUT2D eigenvalue weighted by Gasteiger charge is 2.25. The van der Waals surface area contributed by atoms with Gasteiger partial charge in [-0.15, -0.1) is 0 Å². The van der Waals surface area contributed by atoms with Crippen LogP contribution in [0.4, 0.5) is 0 Å². The van der Waals surface area contributed by atoms with Gasteiger partial charge in [0.05, 0.1) is 59.5 Å². The molecule has 1 amide bonds. The molecule has 34 heavy (non-hydrogen) atoms. The fraction of sp³-hybridized carbons (Fsp3) is 0.875. The number of ether oxygens (including phenoxy) is 5. The topological polar surface area (TPSA) is 87.3 Å². The number of nitrogens with one attached hydrogen (secondary N) is 2. The minimum atomic E-state index is -0.330. The quantitative estimate of drug-likeness (QED) is 0.0806. The van der Waals surface area contributed by atoms with E-state index in [4.69, 9.17) is 23.7 Å². The van der Waals surface area contributed by atoms with E-state index in [1.807, 2.05) is 19.4 Å². The number of carbonyl (C=O) groups excluding carboxylic acids is 1. The van der Waals surface area contributed by atoms with Crippen LogP contribution >= 0.6 is 21.6 Å². The van der Waals surface area contributed by atoms with Crippen molar-refractivity contribution in [3.63, 3.8) is 0 Å². The number of hydrogen-bond donors (Lipinski definition) is 2. The second-order valence-electron chi connectivity index (χ2n) is 7.90.